The lowest BCUT2D eigenvalue weighted by molar-refractivity contribution is 0.244. The van der Waals surface area contributed by atoms with Crippen molar-refractivity contribution in [2.75, 3.05) is 39.8 Å². The van der Waals surface area contributed by atoms with E-state index in [0.29, 0.717) is 0 Å². The summed E-state index contributed by atoms with van der Waals surface area (Å²) < 4.78 is 11.2. The van der Waals surface area contributed by atoms with E-state index in [-0.39, 0.29) is 0 Å². The van der Waals surface area contributed by atoms with Crippen LogP contribution in [0.2, 0.25) is 0 Å². The molecule has 1 saturated heterocycles. The summed E-state index contributed by atoms with van der Waals surface area (Å²) in [5, 5.41) is 4.58. The third-order valence-corrected chi connectivity index (χ3v) is 3.99. The van der Waals surface area contributed by atoms with Crippen LogP contribution in [0.15, 0.2) is 22.6 Å². The lowest BCUT2D eigenvalue weighted by atomic mass is 10.1. The molecule has 4 nitrogen and oxygen atoms in total. The second-order valence-corrected chi connectivity index (χ2v) is 5.37. The van der Waals surface area contributed by atoms with Crippen molar-refractivity contribution in [2.45, 2.75) is 13.3 Å². The maximum Gasteiger partial charge on any atom is 0.176 e. The summed E-state index contributed by atoms with van der Waals surface area (Å²) in [5.41, 5.74) is 2.22. The predicted molar refractivity (Wildman–Crippen MR) is 80.5 cm³/mol. The summed E-state index contributed by atoms with van der Waals surface area (Å²) in [4.78, 5) is 2.51. The summed E-state index contributed by atoms with van der Waals surface area (Å²) in [5.74, 6) is 1.76. The summed E-state index contributed by atoms with van der Waals surface area (Å²) in [7, 11) is 1.69. The van der Waals surface area contributed by atoms with Gasteiger partial charge in [-0.15, -0.1) is 0 Å². The van der Waals surface area contributed by atoms with Gasteiger partial charge in [-0.05, 0) is 31.0 Å². The van der Waals surface area contributed by atoms with E-state index < -0.39 is 0 Å². The topological polar surface area (TPSA) is 37.6 Å². The number of hydrogen-bond acceptors (Lipinski definition) is 4. The van der Waals surface area contributed by atoms with Crippen LogP contribution in [-0.4, -0.2) is 44.7 Å². The van der Waals surface area contributed by atoms with Crippen LogP contribution in [0, 0.1) is 6.92 Å². The highest BCUT2D eigenvalue weighted by atomic mass is 16.5. The molecule has 0 amide bonds. The number of piperazine rings is 1. The van der Waals surface area contributed by atoms with Gasteiger partial charge in [0.25, 0.3) is 0 Å². The van der Waals surface area contributed by atoms with E-state index in [0.717, 1.165) is 56.2 Å². The van der Waals surface area contributed by atoms with Crippen molar-refractivity contribution in [2.24, 2.45) is 0 Å². The first kappa shape index (κ1) is 13.5. The third-order valence-electron chi connectivity index (χ3n) is 3.99. The molecule has 20 heavy (non-hydrogen) atoms. The quantitative estimate of drug-likeness (QED) is 0.927. The van der Waals surface area contributed by atoms with Gasteiger partial charge in [-0.2, -0.15) is 0 Å². The van der Waals surface area contributed by atoms with Gasteiger partial charge in [0.15, 0.2) is 11.3 Å². The van der Waals surface area contributed by atoms with Crippen LogP contribution in [0.1, 0.15) is 11.3 Å². The molecule has 1 N–H and O–H groups in total. The first-order valence-corrected chi connectivity index (χ1v) is 7.27. The van der Waals surface area contributed by atoms with Gasteiger partial charge in [-0.25, -0.2) is 0 Å². The van der Waals surface area contributed by atoms with Crippen LogP contribution in [0.5, 0.6) is 5.75 Å². The molecule has 0 spiro atoms. The molecule has 1 fully saturated rings. The van der Waals surface area contributed by atoms with Crippen LogP contribution in [-0.2, 0) is 6.42 Å². The molecule has 1 aliphatic rings. The van der Waals surface area contributed by atoms with Gasteiger partial charge in [-0.3, -0.25) is 0 Å². The predicted octanol–water partition coefficient (Wildman–Crippen LogP) is 2.20. The lowest BCUT2D eigenvalue weighted by Gasteiger charge is -2.27. The number of furan rings is 1. The standard InChI is InChI=1S/C16H22N2O2/c1-12-11-14-13(3-4-15(19-2)16(14)20-12)5-8-18-9-6-17-7-10-18/h3-4,11,17H,5-10H2,1-2H3. The first-order chi connectivity index (χ1) is 9.78. The molecular formula is C16H22N2O2. The number of ether oxygens (including phenoxy) is 1. The highest BCUT2D eigenvalue weighted by Crippen LogP contribution is 2.31. The fourth-order valence-electron chi connectivity index (χ4n) is 2.87. The lowest BCUT2D eigenvalue weighted by Crippen LogP contribution is -2.44. The van der Waals surface area contributed by atoms with Crippen LogP contribution in [0.4, 0.5) is 0 Å². The number of nitrogens with zero attached hydrogens (tertiary/aromatic N) is 1. The van der Waals surface area contributed by atoms with Crippen molar-refractivity contribution in [3.63, 3.8) is 0 Å². The molecule has 108 valence electrons. The zero-order chi connectivity index (χ0) is 13.9. The van der Waals surface area contributed by atoms with E-state index in [9.17, 15) is 0 Å². The van der Waals surface area contributed by atoms with E-state index in [1.165, 1.54) is 10.9 Å². The molecule has 0 atom stereocenters. The van der Waals surface area contributed by atoms with Crippen molar-refractivity contribution < 1.29 is 9.15 Å². The van der Waals surface area contributed by atoms with E-state index in [1.54, 1.807) is 7.11 Å². The molecule has 2 heterocycles. The van der Waals surface area contributed by atoms with Crippen molar-refractivity contribution in [3.05, 3.63) is 29.5 Å². The Kier molecular flexibility index (Phi) is 3.94. The van der Waals surface area contributed by atoms with Crippen molar-refractivity contribution in [3.8, 4) is 5.75 Å². The Morgan fingerprint density at radius 1 is 1.30 bits per heavy atom. The zero-order valence-electron chi connectivity index (χ0n) is 12.2. The van der Waals surface area contributed by atoms with Gasteiger partial charge in [0.05, 0.1) is 7.11 Å². The summed E-state index contributed by atoms with van der Waals surface area (Å²) in [6, 6.07) is 6.29. The van der Waals surface area contributed by atoms with Crippen LogP contribution >= 0.6 is 0 Å². The molecule has 0 unspecified atom stereocenters. The third kappa shape index (κ3) is 2.67. The number of rotatable bonds is 4. The SMILES string of the molecule is COc1ccc(CCN2CCNCC2)c2cc(C)oc12. The minimum atomic E-state index is 0.819. The van der Waals surface area contributed by atoms with Crippen molar-refractivity contribution in [1.82, 2.24) is 10.2 Å². The summed E-state index contributed by atoms with van der Waals surface area (Å²) in [6.45, 7) is 7.58. The first-order valence-electron chi connectivity index (χ1n) is 7.27. The highest BCUT2D eigenvalue weighted by molar-refractivity contribution is 5.87. The van der Waals surface area contributed by atoms with Gasteiger partial charge in [0.2, 0.25) is 0 Å². The maximum atomic E-state index is 5.77. The Balaban J connectivity index is 1.80. The molecule has 4 heteroatoms. The molecule has 3 rings (SSSR count). The highest BCUT2D eigenvalue weighted by Gasteiger charge is 2.13. The van der Waals surface area contributed by atoms with Crippen LogP contribution < -0.4 is 10.1 Å². The Morgan fingerprint density at radius 2 is 2.10 bits per heavy atom. The normalized spacial score (nSPS) is 16.7. The Morgan fingerprint density at radius 3 is 2.85 bits per heavy atom. The zero-order valence-corrected chi connectivity index (χ0v) is 12.2. The fraction of sp³-hybridized carbons (Fsp3) is 0.500. The smallest absolute Gasteiger partial charge is 0.176 e. The second-order valence-electron chi connectivity index (χ2n) is 5.37. The van der Waals surface area contributed by atoms with E-state index in [4.69, 9.17) is 9.15 Å². The van der Waals surface area contributed by atoms with Crippen molar-refractivity contribution in [1.29, 1.82) is 0 Å². The molecule has 1 aliphatic heterocycles. The van der Waals surface area contributed by atoms with E-state index >= 15 is 0 Å². The largest absolute Gasteiger partial charge is 0.493 e. The molecule has 1 aromatic carbocycles. The second kappa shape index (κ2) is 5.85. The minimum Gasteiger partial charge on any atom is -0.493 e. The van der Waals surface area contributed by atoms with Crippen molar-refractivity contribution >= 4 is 11.0 Å². The number of benzene rings is 1. The number of fused-ring (bicyclic) bond motifs is 1. The summed E-state index contributed by atoms with van der Waals surface area (Å²) in [6.07, 6.45) is 1.06. The molecule has 0 aliphatic carbocycles. The fourth-order valence-corrected chi connectivity index (χ4v) is 2.87. The average molecular weight is 274 g/mol. The number of nitrogens with one attached hydrogen (secondary N) is 1. The van der Waals surface area contributed by atoms with E-state index in [1.807, 2.05) is 13.0 Å². The van der Waals surface area contributed by atoms with Crippen LogP contribution in [0.25, 0.3) is 11.0 Å². The molecule has 0 radical (unpaired) electrons. The maximum absolute atomic E-state index is 5.77. The number of aryl methyl sites for hydroxylation is 1. The van der Waals surface area contributed by atoms with Gasteiger partial charge >= 0.3 is 0 Å². The molecule has 2 aromatic rings. The minimum absolute atomic E-state index is 0.819. The Bertz CT molecular complexity index is 585. The Hall–Kier alpha value is -1.52. The van der Waals surface area contributed by atoms with Gasteiger partial charge in [-0.1, -0.05) is 6.07 Å². The monoisotopic (exact) mass is 274 g/mol. The molecule has 0 saturated carbocycles. The number of hydrogen-bond donors (Lipinski definition) is 1. The molecule has 1 aromatic heterocycles. The van der Waals surface area contributed by atoms with Gasteiger partial charge < -0.3 is 19.4 Å². The Labute approximate surface area is 119 Å². The van der Waals surface area contributed by atoms with E-state index in [2.05, 4.69) is 22.3 Å². The van der Waals surface area contributed by atoms with Gasteiger partial charge in [0.1, 0.15) is 5.76 Å². The number of methoxy groups -OCH3 is 1. The van der Waals surface area contributed by atoms with Gasteiger partial charge in [0, 0.05) is 38.1 Å². The molecule has 0 bridgehead atoms. The average Bonchev–Trinajstić information content (AvgIpc) is 2.87. The van der Waals surface area contributed by atoms with Crippen LogP contribution in [0.3, 0.4) is 0 Å². The summed E-state index contributed by atoms with van der Waals surface area (Å²) >= 11 is 0. The molecular weight excluding hydrogens is 252 g/mol.